The van der Waals surface area contributed by atoms with Gasteiger partial charge < -0.3 is 10.6 Å². The van der Waals surface area contributed by atoms with Crippen molar-refractivity contribution in [3.63, 3.8) is 0 Å². The maximum absolute atomic E-state index is 12.1. The summed E-state index contributed by atoms with van der Waals surface area (Å²) in [4.78, 5) is 12.0. The van der Waals surface area contributed by atoms with Crippen LogP contribution in [0.15, 0.2) is 24.3 Å². The third kappa shape index (κ3) is 5.38. The summed E-state index contributed by atoms with van der Waals surface area (Å²) in [6.07, 6.45) is -3.16. The number of halogens is 3. The van der Waals surface area contributed by atoms with Crippen LogP contribution < -0.4 is 10.6 Å². The Kier molecular flexibility index (Phi) is 5.22. The maximum atomic E-state index is 12.1. The van der Waals surface area contributed by atoms with Crippen LogP contribution >= 0.6 is 0 Å². The Balaban J connectivity index is 1.85. The molecule has 0 aliphatic carbocycles. The number of alkyl halides is 3. The number of anilines is 1. The first-order valence-corrected chi connectivity index (χ1v) is 7.11. The van der Waals surface area contributed by atoms with Crippen molar-refractivity contribution in [1.29, 1.82) is 0 Å². The van der Waals surface area contributed by atoms with E-state index in [1.165, 1.54) is 0 Å². The average Bonchev–Trinajstić information content (AvgIpc) is 2.46. The molecule has 0 radical (unpaired) electrons. The molecule has 1 aliphatic rings. The number of rotatable bonds is 4. The van der Waals surface area contributed by atoms with Crippen molar-refractivity contribution in [2.24, 2.45) is 5.92 Å². The van der Waals surface area contributed by atoms with Crippen molar-refractivity contribution in [3.05, 3.63) is 29.8 Å². The highest BCUT2D eigenvalue weighted by Gasteiger charge is 2.26. The Morgan fingerprint density at radius 1 is 1.29 bits per heavy atom. The van der Waals surface area contributed by atoms with Gasteiger partial charge in [0.1, 0.15) is 0 Å². The minimum Gasteiger partial charge on any atom is -0.326 e. The Morgan fingerprint density at radius 3 is 2.57 bits per heavy atom. The fourth-order valence-corrected chi connectivity index (χ4v) is 2.36. The van der Waals surface area contributed by atoms with Gasteiger partial charge in [-0.25, -0.2) is 0 Å². The van der Waals surface area contributed by atoms with E-state index in [0.29, 0.717) is 17.8 Å². The largest absolute Gasteiger partial charge is 0.389 e. The van der Waals surface area contributed by atoms with Gasteiger partial charge in [-0.1, -0.05) is 12.1 Å². The number of hydrogen-bond acceptors (Lipinski definition) is 2. The maximum Gasteiger partial charge on any atom is 0.389 e. The fraction of sp³-hybridized carbons (Fsp3) is 0.533. The van der Waals surface area contributed by atoms with Gasteiger partial charge in [0.25, 0.3) is 0 Å². The predicted octanol–water partition coefficient (Wildman–Crippen LogP) is 3.12. The molecule has 3 nitrogen and oxygen atoms in total. The number of amides is 1. The number of carbonyl (C=O) groups excluding carboxylic acids is 1. The minimum atomic E-state index is -4.14. The summed E-state index contributed by atoms with van der Waals surface area (Å²) in [5.74, 6) is -0.0751. The Labute approximate surface area is 121 Å². The van der Waals surface area contributed by atoms with Crippen molar-refractivity contribution >= 4 is 11.6 Å². The van der Waals surface area contributed by atoms with Crippen molar-refractivity contribution in [2.75, 3.05) is 18.4 Å². The molecule has 1 fully saturated rings. The molecule has 1 aromatic carbocycles. The summed E-state index contributed by atoms with van der Waals surface area (Å²) < 4.78 is 36.4. The van der Waals surface area contributed by atoms with E-state index in [-0.39, 0.29) is 18.2 Å². The normalized spacial score (nSPS) is 19.3. The van der Waals surface area contributed by atoms with Gasteiger partial charge in [0.15, 0.2) is 0 Å². The van der Waals surface area contributed by atoms with E-state index in [2.05, 4.69) is 10.6 Å². The topological polar surface area (TPSA) is 41.1 Å². The Bertz CT molecular complexity index is 465. The molecule has 2 N–H and O–H groups in total. The second-order valence-electron chi connectivity index (χ2n) is 5.34. The van der Waals surface area contributed by atoms with Crippen molar-refractivity contribution in [2.45, 2.75) is 31.9 Å². The molecule has 1 amide bonds. The minimum absolute atomic E-state index is 0.0368. The summed E-state index contributed by atoms with van der Waals surface area (Å²) in [5, 5.41) is 5.98. The molecule has 1 heterocycles. The van der Waals surface area contributed by atoms with E-state index in [1.807, 2.05) is 0 Å². The Hall–Kier alpha value is -1.56. The summed E-state index contributed by atoms with van der Waals surface area (Å²) in [5.41, 5.74) is 1.24. The molecule has 0 bridgehead atoms. The van der Waals surface area contributed by atoms with Crippen molar-refractivity contribution in [3.8, 4) is 0 Å². The lowest BCUT2D eigenvalue weighted by Gasteiger charge is -2.21. The number of benzene rings is 1. The van der Waals surface area contributed by atoms with Crippen molar-refractivity contribution in [1.82, 2.24) is 5.32 Å². The van der Waals surface area contributed by atoms with Gasteiger partial charge in [-0.2, -0.15) is 13.2 Å². The summed E-state index contributed by atoms with van der Waals surface area (Å²) >= 11 is 0. The molecule has 1 aliphatic heterocycles. The zero-order valence-electron chi connectivity index (χ0n) is 11.7. The molecule has 1 saturated heterocycles. The van der Waals surface area contributed by atoms with Crippen LogP contribution in [0.1, 0.15) is 24.8 Å². The Morgan fingerprint density at radius 2 is 2.00 bits per heavy atom. The van der Waals surface area contributed by atoms with Crippen LogP contribution in [0.25, 0.3) is 0 Å². The summed E-state index contributed by atoms with van der Waals surface area (Å²) in [6.45, 7) is 1.62. The molecule has 0 saturated carbocycles. The number of piperidine rings is 1. The van der Waals surface area contributed by atoms with Crippen LogP contribution in [-0.2, 0) is 11.2 Å². The van der Waals surface area contributed by atoms with Gasteiger partial charge in [0.2, 0.25) is 5.91 Å². The van der Waals surface area contributed by atoms with Gasteiger partial charge >= 0.3 is 6.18 Å². The number of carbonyl (C=O) groups is 1. The number of aryl methyl sites for hydroxylation is 1. The first kappa shape index (κ1) is 15.8. The van der Waals surface area contributed by atoms with Crippen LogP contribution in [0.2, 0.25) is 0 Å². The average molecular weight is 300 g/mol. The molecule has 1 unspecified atom stereocenters. The van der Waals surface area contributed by atoms with Gasteiger partial charge in [-0.15, -0.1) is 0 Å². The molecular weight excluding hydrogens is 281 g/mol. The van der Waals surface area contributed by atoms with E-state index in [1.54, 1.807) is 24.3 Å². The smallest absolute Gasteiger partial charge is 0.326 e. The lowest BCUT2D eigenvalue weighted by molar-refractivity contribution is -0.134. The lowest BCUT2D eigenvalue weighted by atomic mass is 9.98. The zero-order chi connectivity index (χ0) is 15.3. The second kappa shape index (κ2) is 6.93. The third-order valence-corrected chi connectivity index (χ3v) is 3.59. The molecule has 2 rings (SSSR count). The molecule has 21 heavy (non-hydrogen) atoms. The zero-order valence-corrected chi connectivity index (χ0v) is 11.7. The highest BCUT2D eigenvalue weighted by Crippen LogP contribution is 2.23. The molecule has 116 valence electrons. The first-order chi connectivity index (χ1) is 9.94. The standard InChI is InChI=1S/C15H19F3N2O/c16-15(17,18)8-7-11-3-5-13(6-4-11)20-14(21)12-2-1-9-19-10-12/h3-6,12,19H,1-2,7-10H2,(H,20,21). The highest BCUT2D eigenvalue weighted by molar-refractivity contribution is 5.92. The molecule has 6 heteroatoms. The fourth-order valence-electron chi connectivity index (χ4n) is 2.36. The van der Waals surface area contributed by atoms with Crippen molar-refractivity contribution < 1.29 is 18.0 Å². The lowest BCUT2D eigenvalue weighted by Crippen LogP contribution is -2.37. The molecule has 0 aromatic heterocycles. The monoisotopic (exact) mass is 300 g/mol. The van der Waals surface area contributed by atoms with Gasteiger partial charge in [0.05, 0.1) is 5.92 Å². The van der Waals surface area contributed by atoms with E-state index in [9.17, 15) is 18.0 Å². The molecule has 1 atom stereocenters. The quantitative estimate of drug-likeness (QED) is 0.897. The second-order valence-corrected chi connectivity index (χ2v) is 5.34. The predicted molar refractivity (Wildman–Crippen MR) is 75.0 cm³/mol. The van der Waals surface area contributed by atoms with Crippen LogP contribution in [0.4, 0.5) is 18.9 Å². The van der Waals surface area contributed by atoms with E-state index in [0.717, 1.165) is 19.4 Å². The first-order valence-electron chi connectivity index (χ1n) is 7.11. The number of hydrogen-bond donors (Lipinski definition) is 2. The van der Waals surface area contributed by atoms with E-state index >= 15 is 0 Å². The van der Waals surface area contributed by atoms with E-state index < -0.39 is 12.6 Å². The summed E-state index contributed by atoms with van der Waals surface area (Å²) in [7, 11) is 0. The van der Waals surface area contributed by atoms with Crippen LogP contribution in [-0.4, -0.2) is 25.2 Å². The molecule has 1 aromatic rings. The van der Waals surface area contributed by atoms with Gasteiger partial charge in [-0.3, -0.25) is 4.79 Å². The van der Waals surface area contributed by atoms with Crippen LogP contribution in [0.5, 0.6) is 0 Å². The SMILES string of the molecule is O=C(Nc1ccc(CCC(F)(F)F)cc1)C1CCCNC1. The van der Waals surface area contributed by atoms with Crippen LogP contribution in [0, 0.1) is 5.92 Å². The van der Waals surface area contributed by atoms with Gasteiger partial charge in [0, 0.05) is 18.7 Å². The van der Waals surface area contributed by atoms with Gasteiger partial charge in [-0.05, 0) is 43.5 Å². The summed E-state index contributed by atoms with van der Waals surface area (Å²) in [6, 6.07) is 6.56. The molecular formula is C15H19F3N2O. The van der Waals surface area contributed by atoms with Crippen LogP contribution in [0.3, 0.4) is 0 Å². The van der Waals surface area contributed by atoms with E-state index in [4.69, 9.17) is 0 Å². The highest BCUT2D eigenvalue weighted by atomic mass is 19.4. The number of nitrogens with one attached hydrogen (secondary N) is 2. The molecule has 0 spiro atoms. The third-order valence-electron chi connectivity index (χ3n) is 3.59.